The van der Waals surface area contributed by atoms with Crippen molar-refractivity contribution in [3.8, 4) is 0 Å². The Morgan fingerprint density at radius 2 is 0.818 bits per heavy atom. The van der Waals surface area contributed by atoms with Crippen LogP contribution in [-0.2, 0) is 18.0 Å². The molecule has 0 saturated heterocycles. The number of hydrogen-bond donors (Lipinski definition) is 0. The van der Waals surface area contributed by atoms with E-state index in [1.807, 2.05) is 13.8 Å². The van der Waals surface area contributed by atoms with Crippen LogP contribution in [0.1, 0.15) is 196 Å². The minimum atomic E-state index is -0.110. The minimum Gasteiger partial charge on any atom is -0.391 e. The van der Waals surface area contributed by atoms with E-state index >= 15 is 0 Å². The third-order valence-corrected chi connectivity index (χ3v) is 10.6. The maximum absolute atomic E-state index is 12.4. The van der Waals surface area contributed by atoms with Crippen LogP contribution in [0.25, 0.3) is 0 Å². The normalized spacial score (nSPS) is 14.1. The predicted molar refractivity (Wildman–Crippen MR) is 199 cm³/mol. The van der Waals surface area contributed by atoms with Crippen molar-refractivity contribution in [3.63, 3.8) is 0 Å². The van der Waals surface area contributed by atoms with E-state index in [1.54, 1.807) is 0 Å². The lowest BCUT2D eigenvalue weighted by atomic mass is 10.00. The van der Waals surface area contributed by atoms with Crippen LogP contribution < -0.4 is 0 Å². The molecule has 44 heavy (non-hydrogen) atoms. The molecule has 0 aliphatic carbocycles. The number of unbranched alkanes of at least 4 members (excludes halogenated alkanes) is 14. The fourth-order valence-electron chi connectivity index (χ4n) is 5.22. The first kappa shape index (κ1) is 43.7. The standard InChI is InChI=1S/C37H70O4S3/c1-7-9-11-13-15-17-19-21-27-33(5)43-40-36(38)31(3)25-23-29-35(42)30-24-26-32(4)37(39)41-44-34(6)28-22-20-18-16-14-12-10-8-2/h31-34H,7-30H2,1-6H3. The summed E-state index contributed by atoms with van der Waals surface area (Å²) in [6.45, 7) is 12.7. The van der Waals surface area contributed by atoms with Crippen LogP contribution >= 0.6 is 36.3 Å². The second-order valence-corrected chi connectivity index (χ2v) is 16.2. The van der Waals surface area contributed by atoms with Gasteiger partial charge in [0.1, 0.15) is 0 Å². The first-order valence-electron chi connectivity index (χ1n) is 18.5. The lowest BCUT2D eigenvalue weighted by molar-refractivity contribution is -0.138. The molecule has 0 aliphatic rings. The van der Waals surface area contributed by atoms with Crippen LogP contribution in [0, 0.1) is 11.8 Å². The Kier molecular flexibility index (Phi) is 31.1. The molecule has 0 aromatic rings. The zero-order valence-electron chi connectivity index (χ0n) is 29.6. The average molecular weight is 675 g/mol. The molecule has 0 radical (unpaired) electrons. The maximum atomic E-state index is 12.4. The quantitative estimate of drug-likeness (QED) is 0.0400. The number of hydrogen-bond acceptors (Lipinski definition) is 7. The highest BCUT2D eigenvalue weighted by atomic mass is 32.2. The van der Waals surface area contributed by atoms with Crippen LogP contribution in [0.3, 0.4) is 0 Å². The zero-order valence-corrected chi connectivity index (χ0v) is 32.1. The van der Waals surface area contributed by atoms with Gasteiger partial charge in [-0.1, -0.05) is 156 Å². The van der Waals surface area contributed by atoms with Crippen LogP contribution in [-0.4, -0.2) is 27.3 Å². The van der Waals surface area contributed by atoms with Crippen LogP contribution in [0.5, 0.6) is 0 Å². The summed E-state index contributed by atoms with van der Waals surface area (Å²) in [7, 11) is 0. The molecule has 0 amide bonds. The second-order valence-electron chi connectivity index (χ2n) is 13.3. The number of carbonyl (C=O) groups excluding carboxylic acids is 2. The Morgan fingerprint density at radius 3 is 1.16 bits per heavy atom. The van der Waals surface area contributed by atoms with Crippen molar-refractivity contribution in [3.05, 3.63) is 0 Å². The van der Waals surface area contributed by atoms with Gasteiger partial charge in [0.25, 0.3) is 0 Å². The molecule has 0 N–H and O–H groups in total. The van der Waals surface area contributed by atoms with Gasteiger partial charge in [-0.05, 0) is 56.2 Å². The number of thiocarbonyl (C=S) groups is 1. The molecule has 260 valence electrons. The molecule has 4 nitrogen and oxygen atoms in total. The highest BCUT2D eigenvalue weighted by molar-refractivity contribution is 7.95. The van der Waals surface area contributed by atoms with E-state index in [2.05, 4.69) is 27.7 Å². The van der Waals surface area contributed by atoms with Gasteiger partial charge < -0.3 is 8.37 Å². The summed E-state index contributed by atoms with van der Waals surface area (Å²) in [6.07, 6.45) is 28.4. The summed E-state index contributed by atoms with van der Waals surface area (Å²) in [5.41, 5.74) is 0. The van der Waals surface area contributed by atoms with E-state index in [-0.39, 0.29) is 23.8 Å². The third kappa shape index (κ3) is 28.0. The van der Waals surface area contributed by atoms with E-state index in [0.717, 1.165) is 56.2 Å². The second kappa shape index (κ2) is 31.3. The van der Waals surface area contributed by atoms with Crippen LogP contribution in [0.15, 0.2) is 0 Å². The maximum Gasteiger partial charge on any atom is 0.320 e. The van der Waals surface area contributed by atoms with E-state index in [1.165, 1.54) is 127 Å². The first-order chi connectivity index (χ1) is 21.2. The molecule has 0 heterocycles. The highest BCUT2D eigenvalue weighted by Gasteiger charge is 2.18. The fourth-order valence-corrected chi connectivity index (χ4v) is 6.88. The van der Waals surface area contributed by atoms with Crippen molar-refractivity contribution in [2.75, 3.05) is 0 Å². The largest absolute Gasteiger partial charge is 0.391 e. The van der Waals surface area contributed by atoms with Gasteiger partial charge in [-0.15, -0.1) is 0 Å². The van der Waals surface area contributed by atoms with Crippen molar-refractivity contribution in [1.29, 1.82) is 0 Å². The molecule has 0 saturated carbocycles. The first-order valence-corrected chi connectivity index (χ1v) is 20.5. The average Bonchev–Trinajstić information content (AvgIpc) is 3.00. The smallest absolute Gasteiger partial charge is 0.320 e. The fraction of sp³-hybridized carbons (Fsp3) is 0.919. The van der Waals surface area contributed by atoms with Crippen molar-refractivity contribution >= 4 is 53.1 Å². The van der Waals surface area contributed by atoms with E-state index in [9.17, 15) is 9.59 Å². The predicted octanol–water partition coefficient (Wildman–Crippen LogP) is 13.2. The molecule has 0 aromatic carbocycles. The summed E-state index contributed by atoms with van der Waals surface area (Å²) in [4.78, 5) is 25.9. The van der Waals surface area contributed by atoms with Gasteiger partial charge in [0.2, 0.25) is 0 Å². The van der Waals surface area contributed by atoms with Crippen molar-refractivity contribution in [1.82, 2.24) is 0 Å². The van der Waals surface area contributed by atoms with Gasteiger partial charge >= 0.3 is 11.9 Å². The van der Waals surface area contributed by atoms with Crippen molar-refractivity contribution in [2.45, 2.75) is 206 Å². The Morgan fingerprint density at radius 1 is 0.500 bits per heavy atom. The van der Waals surface area contributed by atoms with Crippen LogP contribution in [0.4, 0.5) is 0 Å². The molecule has 7 heteroatoms. The van der Waals surface area contributed by atoms with Gasteiger partial charge in [0.15, 0.2) is 0 Å². The lowest BCUT2D eigenvalue weighted by Gasteiger charge is -2.14. The van der Waals surface area contributed by atoms with Gasteiger partial charge in [0, 0.05) is 10.5 Å². The topological polar surface area (TPSA) is 52.6 Å². The monoisotopic (exact) mass is 674 g/mol. The summed E-state index contributed by atoms with van der Waals surface area (Å²) in [5.74, 6) is -0.432. The summed E-state index contributed by atoms with van der Waals surface area (Å²) < 4.78 is 11.1. The highest BCUT2D eigenvalue weighted by Crippen LogP contribution is 2.24. The molecule has 4 unspecified atom stereocenters. The van der Waals surface area contributed by atoms with E-state index < -0.39 is 0 Å². The molecule has 4 atom stereocenters. The molecular weight excluding hydrogens is 605 g/mol. The van der Waals surface area contributed by atoms with Gasteiger partial charge in [-0.2, -0.15) is 0 Å². The Labute approximate surface area is 287 Å². The van der Waals surface area contributed by atoms with E-state index in [0.29, 0.717) is 10.5 Å². The molecule has 0 fully saturated rings. The summed E-state index contributed by atoms with van der Waals surface area (Å²) in [6, 6.07) is 0. The van der Waals surface area contributed by atoms with Crippen LogP contribution in [0.2, 0.25) is 0 Å². The van der Waals surface area contributed by atoms with Crippen molar-refractivity contribution in [2.24, 2.45) is 11.8 Å². The minimum absolute atomic E-state index is 0.106. The molecular formula is C37H70O4S3. The number of rotatable bonds is 32. The Hall–Kier alpha value is -0.270. The zero-order chi connectivity index (χ0) is 32.8. The number of carbonyl (C=O) groups is 2. The molecule has 0 aliphatic heterocycles. The van der Waals surface area contributed by atoms with Gasteiger partial charge in [0.05, 0.1) is 35.9 Å². The summed E-state index contributed by atoms with van der Waals surface area (Å²) >= 11 is 8.27. The van der Waals surface area contributed by atoms with E-state index in [4.69, 9.17) is 20.6 Å². The van der Waals surface area contributed by atoms with Gasteiger partial charge in [-0.25, -0.2) is 0 Å². The van der Waals surface area contributed by atoms with Crippen molar-refractivity contribution < 1.29 is 18.0 Å². The summed E-state index contributed by atoms with van der Waals surface area (Å²) in [5, 5.41) is 0.695. The lowest BCUT2D eigenvalue weighted by Crippen LogP contribution is -2.14. The Balaban J connectivity index is 3.81. The van der Waals surface area contributed by atoms with Gasteiger partial charge in [-0.3, -0.25) is 9.59 Å². The Bertz CT molecular complexity index is 646. The molecule has 0 rings (SSSR count). The molecule has 0 spiro atoms. The SMILES string of the molecule is CCCCCCCCCCC(C)SOC(=O)C(C)CCCC(=S)CCCC(C)C(=O)OSC(C)CCCCCCCCCC. The third-order valence-electron chi connectivity index (χ3n) is 8.51. The molecule has 0 aromatic heterocycles. The molecule has 0 bridgehead atoms.